The van der Waals surface area contributed by atoms with Gasteiger partial charge in [-0.1, -0.05) is 41.9 Å². The minimum Gasteiger partial charge on any atom is -0.382 e. The van der Waals surface area contributed by atoms with E-state index in [-0.39, 0.29) is 0 Å². The summed E-state index contributed by atoms with van der Waals surface area (Å²) in [5.41, 5.74) is 7.16. The molecule has 0 bridgehead atoms. The zero-order valence-electron chi connectivity index (χ0n) is 11.9. The summed E-state index contributed by atoms with van der Waals surface area (Å²) in [6, 6.07) is 10.7. The van der Waals surface area contributed by atoms with Crippen LogP contribution in [0.25, 0.3) is 0 Å². The highest BCUT2D eigenvalue weighted by Gasteiger charge is 2.22. The van der Waals surface area contributed by atoms with Crippen LogP contribution < -0.4 is 10.6 Å². The standard InChI is InChI=1S/C16H19ClN4/c17-14-15(18)19-11-20-16(14)21-8-6-13(7-9-21)10-12-4-2-1-3-5-12/h1-5,11,13H,6-10H2,(H2,18,19,20). The van der Waals surface area contributed by atoms with Crippen molar-refractivity contribution in [2.24, 2.45) is 5.92 Å². The first kappa shape index (κ1) is 14.1. The number of benzene rings is 1. The highest BCUT2D eigenvalue weighted by Crippen LogP contribution is 2.31. The molecular weight excluding hydrogens is 284 g/mol. The minimum atomic E-state index is 0.355. The lowest BCUT2D eigenvalue weighted by atomic mass is 9.90. The molecule has 3 rings (SSSR count). The van der Waals surface area contributed by atoms with Gasteiger partial charge in [0.05, 0.1) is 0 Å². The second-order valence-corrected chi connectivity index (χ2v) is 5.89. The van der Waals surface area contributed by atoms with Crippen molar-refractivity contribution in [3.8, 4) is 0 Å². The number of hydrogen-bond acceptors (Lipinski definition) is 4. The van der Waals surface area contributed by atoms with Crippen LogP contribution >= 0.6 is 11.6 Å². The van der Waals surface area contributed by atoms with Crippen LogP contribution in [0.15, 0.2) is 36.7 Å². The predicted octanol–water partition coefficient (Wildman–Crippen LogP) is 3.17. The van der Waals surface area contributed by atoms with Gasteiger partial charge in [-0.3, -0.25) is 0 Å². The minimum absolute atomic E-state index is 0.355. The van der Waals surface area contributed by atoms with Crippen molar-refractivity contribution in [2.75, 3.05) is 23.7 Å². The summed E-state index contributed by atoms with van der Waals surface area (Å²) >= 11 is 6.20. The number of hydrogen-bond donors (Lipinski definition) is 1. The lowest BCUT2D eigenvalue weighted by molar-refractivity contribution is 0.402. The number of nitrogens with two attached hydrogens (primary N) is 1. The number of aromatic nitrogens is 2. The first-order chi connectivity index (χ1) is 10.2. The Hall–Kier alpha value is -1.81. The maximum atomic E-state index is 6.20. The van der Waals surface area contributed by atoms with Crippen molar-refractivity contribution >= 4 is 23.2 Å². The van der Waals surface area contributed by atoms with Crippen molar-refractivity contribution in [3.05, 3.63) is 47.2 Å². The number of anilines is 2. The van der Waals surface area contributed by atoms with Crippen molar-refractivity contribution in [1.29, 1.82) is 0 Å². The molecule has 5 heteroatoms. The Balaban J connectivity index is 1.61. The van der Waals surface area contributed by atoms with Gasteiger partial charge in [-0.05, 0) is 30.7 Å². The third-order valence-corrected chi connectivity index (χ3v) is 4.44. The van der Waals surface area contributed by atoms with Gasteiger partial charge in [-0.15, -0.1) is 0 Å². The quantitative estimate of drug-likeness (QED) is 0.946. The van der Waals surface area contributed by atoms with Gasteiger partial charge < -0.3 is 10.6 Å². The molecule has 2 N–H and O–H groups in total. The van der Waals surface area contributed by atoms with Crippen LogP contribution in [0.4, 0.5) is 11.6 Å². The van der Waals surface area contributed by atoms with Crippen LogP contribution in [0.3, 0.4) is 0 Å². The Labute approximate surface area is 130 Å². The van der Waals surface area contributed by atoms with E-state index >= 15 is 0 Å². The molecular formula is C16H19ClN4. The van der Waals surface area contributed by atoms with Crippen LogP contribution in [-0.4, -0.2) is 23.1 Å². The Morgan fingerprint density at radius 3 is 2.57 bits per heavy atom. The smallest absolute Gasteiger partial charge is 0.153 e. The van der Waals surface area contributed by atoms with Crippen LogP contribution in [0.2, 0.25) is 5.02 Å². The summed E-state index contributed by atoms with van der Waals surface area (Å²) in [6.07, 6.45) is 4.92. The van der Waals surface area contributed by atoms with Crippen LogP contribution in [-0.2, 0) is 6.42 Å². The molecule has 1 aromatic carbocycles. The van der Waals surface area contributed by atoms with E-state index in [4.69, 9.17) is 17.3 Å². The molecule has 0 unspecified atom stereocenters. The molecule has 0 saturated carbocycles. The second kappa shape index (κ2) is 6.31. The van der Waals surface area contributed by atoms with E-state index in [1.165, 1.54) is 11.9 Å². The first-order valence-electron chi connectivity index (χ1n) is 7.29. The molecule has 110 valence electrons. The Bertz CT molecular complexity index is 594. The average molecular weight is 303 g/mol. The lowest BCUT2D eigenvalue weighted by Crippen LogP contribution is -2.35. The maximum Gasteiger partial charge on any atom is 0.153 e. The summed E-state index contributed by atoms with van der Waals surface area (Å²) in [6.45, 7) is 1.93. The zero-order chi connectivity index (χ0) is 14.7. The fourth-order valence-electron chi connectivity index (χ4n) is 2.89. The van der Waals surface area contributed by atoms with E-state index in [2.05, 4.69) is 45.2 Å². The number of nitrogens with zero attached hydrogens (tertiary/aromatic N) is 3. The van der Waals surface area contributed by atoms with Crippen LogP contribution in [0.5, 0.6) is 0 Å². The normalized spacial score (nSPS) is 16.1. The maximum absolute atomic E-state index is 6.20. The van der Waals surface area contributed by atoms with E-state index in [1.807, 2.05) is 0 Å². The fourth-order valence-corrected chi connectivity index (χ4v) is 3.11. The van der Waals surface area contributed by atoms with Crippen molar-refractivity contribution in [2.45, 2.75) is 19.3 Å². The van der Waals surface area contributed by atoms with Gasteiger partial charge in [-0.25, -0.2) is 9.97 Å². The van der Waals surface area contributed by atoms with Gasteiger partial charge in [0.2, 0.25) is 0 Å². The second-order valence-electron chi connectivity index (χ2n) is 5.52. The highest BCUT2D eigenvalue weighted by atomic mass is 35.5. The Morgan fingerprint density at radius 1 is 1.14 bits per heavy atom. The molecule has 1 aliphatic rings. The van der Waals surface area contributed by atoms with E-state index in [0.29, 0.717) is 10.8 Å². The topological polar surface area (TPSA) is 55.0 Å². The van der Waals surface area contributed by atoms with Crippen LogP contribution in [0.1, 0.15) is 18.4 Å². The molecule has 0 aliphatic carbocycles. The summed E-state index contributed by atoms with van der Waals surface area (Å²) in [7, 11) is 0. The Kier molecular flexibility index (Phi) is 4.25. The average Bonchev–Trinajstić information content (AvgIpc) is 2.52. The van der Waals surface area contributed by atoms with Gasteiger partial charge in [-0.2, -0.15) is 0 Å². The number of nitrogen functional groups attached to an aromatic ring is 1. The highest BCUT2D eigenvalue weighted by molar-refractivity contribution is 6.35. The number of halogens is 1. The predicted molar refractivity (Wildman–Crippen MR) is 86.5 cm³/mol. The fraction of sp³-hybridized carbons (Fsp3) is 0.375. The molecule has 2 aromatic rings. The number of piperidine rings is 1. The lowest BCUT2D eigenvalue weighted by Gasteiger charge is -2.33. The van der Waals surface area contributed by atoms with Crippen LogP contribution in [0, 0.1) is 5.92 Å². The molecule has 1 fully saturated rings. The molecule has 0 atom stereocenters. The SMILES string of the molecule is Nc1ncnc(N2CCC(Cc3ccccc3)CC2)c1Cl. The van der Waals surface area contributed by atoms with Gasteiger partial charge in [0.15, 0.2) is 5.82 Å². The monoisotopic (exact) mass is 302 g/mol. The molecule has 1 aliphatic heterocycles. The summed E-state index contributed by atoms with van der Waals surface area (Å²) in [4.78, 5) is 10.4. The van der Waals surface area contributed by atoms with Gasteiger partial charge in [0.1, 0.15) is 17.2 Å². The largest absolute Gasteiger partial charge is 0.382 e. The molecule has 4 nitrogen and oxygen atoms in total. The molecule has 1 aromatic heterocycles. The summed E-state index contributed by atoms with van der Waals surface area (Å²) < 4.78 is 0. The van der Waals surface area contributed by atoms with E-state index < -0.39 is 0 Å². The van der Waals surface area contributed by atoms with E-state index in [0.717, 1.165) is 44.1 Å². The van der Waals surface area contributed by atoms with Crippen molar-refractivity contribution in [3.63, 3.8) is 0 Å². The van der Waals surface area contributed by atoms with Gasteiger partial charge in [0.25, 0.3) is 0 Å². The first-order valence-corrected chi connectivity index (χ1v) is 7.66. The van der Waals surface area contributed by atoms with Crippen molar-refractivity contribution < 1.29 is 0 Å². The molecule has 1 saturated heterocycles. The molecule has 21 heavy (non-hydrogen) atoms. The third-order valence-electron chi connectivity index (χ3n) is 4.08. The summed E-state index contributed by atoms with van der Waals surface area (Å²) in [5.74, 6) is 1.84. The molecule has 0 spiro atoms. The van der Waals surface area contributed by atoms with Crippen molar-refractivity contribution in [1.82, 2.24) is 9.97 Å². The number of rotatable bonds is 3. The van der Waals surface area contributed by atoms with Gasteiger partial charge >= 0.3 is 0 Å². The zero-order valence-corrected chi connectivity index (χ0v) is 12.6. The van der Waals surface area contributed by atoms with Gasteiger partial charge in [0, 0.05) is 13.1 Å². The van der Waals surface area contributed by atoms with E-state index in [1.54, 1.807) is 0 Å². The van der Waals surface area contributed by atoms with E-state index in [9.17, 15) is 0 Å². The third kappa shape index (κ3) is 3.27. The summed E-state index contributed by atoms with van der Waals surface area (Å²) in [5, 5.41) is 0.471. The molecule has 0 amide bonds. The Morgan fingerprint density at radius 2 is 1.86 bits per heavy atom. The molecule has 0 radical (unpaired) electrons. The molecule has 2 heterocycles.